The maximum atomic E-state index is 12.6. The molecule has 3 aromatic heterocycles. The third-order valence-corrected chi connectivity index (χ3v) is 6.18. The van der Waals surface area contributed by atoms with Crippen molar-refractivity contribution in [1.82, 2.24) is 20.3 Å². The van der Waals surface area contributed by atoms with Crippen molar-refractivity contribution in [3.8, 4) is 11.6 Å². The van der Waals surface area contributed by atoms with Crippen LogP contribution in [0.1, 0.15) is 27.9 Å². The SMILES string of the molecule is CCNC(=O)c1ccncc1NC(=O)Nc1nc2c(s1)CN(c1cnc(OC)c(OC)c1)CC2. The second kappa shape index (κ2) is 10.3. The molecule has 0 spiro atoms. The zero-order valence-electron chi connectivity index (χ0n) is 19.0. The monoisotopic (exact) mass is 483 g/mol. The summed E-state index contributed by atoms with van der Waals surface area (Å²) < 4.78 is 10.6. The normalized spacial score (nSPS) is 12.5. The number of carbonyl (C=O) groups excluding carboxylic acids is 2. The molecule has 0 atom stereocenters. The Balaban J connectivity index is 1.43. The minimum atomic E-state index is -0.495. The smallest absolute Gasteiger partial charge is 0.325 e. The first-order chi connectivity index (χ1) is 16.5. The van der Waals surface area contributed by atoms with E-state index in [-0.39, 0.29) is 5.91 Å². The summed E-state index contributed by atoms with van der Waals surface area (Å²) in [5.41, 5.74) is 2.52. The van der Waals surface area contributed by atoms with Gasteiger partial charge in [0.25, 0.3) is 11.8 Å². The maximum absolute atomic E-state index is 12.6. The molecule has 0 saturated carbocycles. The maximum Gasteiger partial charge on any atom is 0.325 e. The minimum Gasteiger partial charge on any atom is -0.491 e. The van der Waals surface area contributed by atoms with E-state index in [9.17, 15) is 9.59 Å². The van der Waals surface area contributed by atoms with E-state index < -0.39 is 6.03 Å². The highest BCUT2D eigenvalue weighted by atomic mass is 32.1. The summed E-state index contributed by atoms with van der Waals surface area (Å²) in [5, 5.41) is 8.65. The Hall–Kier alpha value is -3.93. The first kappa shape index (κ1) is 23.2. The molecule has 11 nitrogen and oxygen atoms in total. The number of nitrogens with zero attached hydrogens (tertiary/aromatic N) is 4. The third-order valence-electron chi connectivity index (χ3n) is 5.19. The summed E-state index contributed by atoms with van der Waals surface area (Å²) in [5.74, 6) is 0.717. The van der Waals surface area contributed by atoms with Crippen molar-refractivity contribution >= 4 is 39.8 Å². The Morgan fingerprint density at radius 1 is 1.21 bits per heavy atom. The number of methoxy groups -OCH3 is 2. The second-order valence-electron chi connectivity index (χ2n) is 7.33. The van der Waals surface area contributed by atoms with Crippen LogP contribution >= 0.6 is 11.3 Å². The molecule has 3 aromatic rings. The van der Waals surface area contributed by atoms with Crippen LogP contribution in [-0.4, -0.2) is 54.2 Å². The lowest BCUT2D eigenvalue weighted by Crippen LogP contribution is -2.29. The van der Waals surface area contributed by atoms with Gasteiger partial charge in [0.05, 0.1) is 55.8 Å². The molecular formula is C22H25N7O4S. The number of aromatic nitrogens is 3. The number of fused-ring (bicyclic) bond motifs is 1. The third kappa shape index (κ3) is 5.01. The van der Waals surface area contributed by atoms with Crippen LogP contribution < -0.4 is 30.3 Å². The summed E-state index contributed by atoms with van der Waals surface area (Å²) in [7, 11) is 3.13. The lowest BCUT2D eigenvalue weighted by molar-refractivity contribution is 0.0956. The number of anilines is 3. The van der Waals surface area contributed by atoms with Crippen LogP contribution in [-0.2, 0) is 13.0 Å². The van der Waals surface area contributed by atoms with E-state index in [1.165, 1.54) is 23.7 Å². The zero-order valence-corrected chi connectivity index (χ0v) is 19.9. The van der Waals surface area contributed by atoms with Gasteiger partial charge in [0.2, 0.25) is 0 Å². The standard InChI is InChI=1S/C22H25N7O4S/c1-4-24-19(30)14-5-7-23-11-16(14)26-21(31)28-22-27-15-6-8-29(12-18(15)34-22)13-9-17(32-2)20(33-3)25-10-13/h5,7,9-11H,4,6,8,12H2,1-3H3,(H,24,30)(H2,26,27,28,31). The highest BCUT2D eigenvalue weighted by molar-refractivity contribution is 7.15. The second-order valence-corrected chi connectivity index (χ2v) is 8.41. The molecule has 34 heavy (non-hydrogen) atoms. The molecule has 0 saturated heterocycles. The first-order valence-electron chi connectivity index (χ1n) is 10.6. The van der Waals surface area contributed by atoms with Gasteiger partial charge in [0.1, 0.15) is 0 Å². The van der Waals surface area contributed by atoms with E-state index in [0.29, 0.717) is 41.1 Å². The highest BCUT2D eigenvalue weighted by Gasteiger charge is 2.23. The van der Waals surface area contributed by atoms with Crippen LogP contribution in [0.5, 0.6) is 11.6 Å². The molecule has 4 rings (SSSR count). The molecule has 0 aliphatic carbocycles. The van der Waals surface area contributed by atoms with Crippen LogP contribution in [0.25, 0.3) is 0 Å². The Bertz CT molecular complexity index is 1200. The van der Waals surface area contributed by atoms with Gasteiger partial charge in [0, 0.05) is 36.7 Å². The quantitative estimate of drug-likeness (QED) is 0.468. The number of thiazole rings is 1. The summed E-state index contributed by atoms with van der Waals surface area (Å²) >= 11 is 1.41. The molecule has 4 heterocycles. The highest BCUT2D eigenvalue weighted by Crippen LogP contribution is 2.34. The molecule has 1 aliphatic rings. The molecule has 0 bridgehead atoms. The number of ether oxygens (including phenoxy) is 2. The summed E-state index contributed by atoms with van der Waals surface area (Å²) in [4.78, 5) is 40.9. The fourth-order valence-electron chi connectivity index (χ4n) is 3.56. The largest absolute Gasteiger partial charge is 0.491 e. The van der Waals surface area contributed by atoms with Crippen molar-refractivity contribution in [2.75, 3.05) is 42.8 Å². The van der Waals surface area contributed by atoms with Gasteiger partial charge in [-0.3, -0.25) is 15.1 Å². The fraction of sp³-hybridized carbons (Fsp3) is 0.318. The molecule has 0 aromatic carbocycles. The van der Waals surface area contributed by atoms with Gasteiger partial charge in [-0.05, 0) is 13.0 Å². The van der Waals surface area contributed by atoms with Gasteiger partial charge in [0.15, 0.2) is 10.9 Å². The Morgan fingerprint density at radius 3 is 2.82 bits per heavy atom. The average Bonchev–Trinajstić information content (AvgIpc) is 3.25. The van der Waals surface area contributed by atoms with Gasteiger partial charge >= 0.3 is 6.03 Å². The fourth-order valence-corrected chi connectivity index (χ4v) is 4.58. The number of rotatable bonds is 7. The van der Waals surface area contributed by atoms with Crippen molar-refractivity contribution in [1.29, 1.82) is 0 Å². The van der Waals surface area contributed by atoms with Crippen molar-refractivity contribution in [2.45, 2.75) is 19.9 Å². The molecule has 3 amide bonds. The number of urea groups is 1. The molecule has 12 heteroatoms. The molecule has 0 fully saturated rings. The molecule has 3 N–H and O–H groups in total. The minimum absolute atomic E-state index is 0.283. The van der Waals surface area contributed by atoms with Crippen molar-refractivity contribution in [2.24, 2.45) is 0 Å². The number of hydrogen-bond donors (Lipinski definition) is 3. The topological polar surface area (TPSA) is 131 Å². The number of amides is 3. The summed E-state index contributed by atoms with van der Waals surface area (Å²) in [6, 6.07) is 2.95. The van der Waals surface area contributed by atoms with Crippen molar-refractivity contribution in [3.05, 3.63) is 46.9 Å². The lowest BCUT2D eigenvalue weighted by Gasteiger charge is -2.28. The molecule has 1 aliphatic heterocycles. The van der Waals surface area contributed by atoms with E-state index in [0.717, 1.165) is 29.2 Å². The molecular weight excluding hydrogens is 458 g/mol. The number of carbonyl (C=O) groups is 2. The average molecular weight is 484 g/mol. The molecule has 0 unspecified atom stereocenters. The molecule has 178 valence electrons. The van der Waals surface area contributed by atoms with E-state index in [4.69, 9.17) is 9.47 Å². The van der Waals surface area contributed by atoms with E-state index in [1.807, 2.05) is 13.0 Å². The number of pyridine rings is 2. The number of hydrogen-bond acceptors (Lipinski definition) is 9. The van der Waals surface area contributed by atoms with Crippen molar-refractivity contribution < 1.29 is 19.1 Å². The van der Waals surface area contributed by atoms with Crippen LogP contribution in [0.3, 0.4) is 0 Å². The van der Waals surface area contributed by atoms with E-state index in [1.54, 1.807) is 26.5 Å². The van der Waals surface area contributed by atoms with Gasteiger partial charge < -0.3 is 25.0 Å². The predicted octanol–water partition coefficient (Wildman–Crippen LogP) is 2.91. The van der Waals surface area contributed by atoms with Crippen LogP contribution in [0.15, 0.2) is 30.7 Å². The van der Waals surface area contributed by atoms with Crippen LogP contribution in [0.2, 0.25) is 0 Å². The number of nitrogens with one attached hydrogen (secondary N) is 3. The van der Waals surface area contributed by atoms with Gasteiger partial charge in [-0.15, -0.1) is 0 Å². The van der Waals surface area contributed by atoms with Gasteiger partial charge in [-0.25, -0.2) is 14.8 Å². The van der Waals surface area contributed by atoms with Gasteiger partial charge in [-0.2, -0.15) is 0 Å². The Kier molecular flexibility index (Phi) is 7.07. The zero-order chi connectivity index (χ0) is 24.1. The lowest BCUT2D eigenvalue weighted by atomic mass is 10.1. The van der Waals surface area contributed by atoms with Crippen LogP contribution in [0.4, 0.5) is 21.3 Å². The Labute approximate surface area is 200 Å². The summed E-state index contributed by atoms with van der Waals surface area (Å²) in [6.07, 6.45) is 5.42. The summed E-state index contributed by atoms with van der Waals surface area (Å²) in [6.45, 7) is 3.70. The molecule has 0 radical (unpaired) electrons. The predicted molar refractivity (Wildman–Crippen MR) is 129 cm³/mol. The first-order valence-corrected chi connectivity index (χ1v) is 11.5. The van der Waals surface area contributed by atoms with E-state index >= 15 is 0 Å². The van der Waals surface area contributed by atoms with Gasteiger partial charge in [-0.1, -0.05) is 11.3 Å². The van der Waals surface area contributed by atoms with Crippen molar-refractivity contribution in [3.63, 3.8) is 0 Å². The van der Waals surface area contributed by atoms with Crippen LogP contribution in [0, 0.1) is 0 Å². The Morgan fingerprint density at radius 2 is 2.06 bits per heavy atom. The van der Waals surface area contributed by atoms with E-state index in [2.05, 4.69) is 35.8 Å².